The number of hydrogen-bond acceptors (Lipinski definition) is 2. The summed E-state index contributed by atoms with van der Waals surface area (Å²) in [5.41, 5.74) is 3.48. The minimum atomic E-state index is -0.191. The smallest absolute Gasteiger partial charge is 0.184 e. The maximum absolute atomic E-state index is 5.47. The van der Waals surface area contributed by atoms with Crippen molar-refractivity contribution < 1.29 is 9.47 Å². The van der Waals surface area contributed by atoms with Crippen LogP contribution in [-0.2, 0) is 9.47 Å². The predicted octanol–water partition coefficient (Wildman–Crippen LogP) is 4.16. The Morgan fingerprint density at radius 3 is 1.83 bits per heavy atom. The van der Waals surface area contributed by atoms with Gasteiger partial charge in [0, 0.05) is 10.0 Å². The van der Waals surface area contributed by atoms with Crippen LogP contribution in [0.4, 0.5) is 0 Å². The highest BCUT2D eigenvalue weighted by atomic mass is 79.9. The van der Waals surface area contributed by atoms with Gasteiger partial charge in [-0.15, -0.1) is 0 Å². The van der Waals surface area contributed by atoms with Crippen molar-refractivity contribution in [2.45, 2.75) is 6.29 Å². The lowest BCUT2D eigenvalue weighted by molar-refractivity contribution is -0.0441. The fraction of sp³-hybridized carbons (Fsp3) is 0.200. The van der Waals surface area contributed by atoms with Gasteiger partial charge in [0.05, 0.1) is 13.2 Å². The number of benzene rings is 2. The number of rotatable bonds is 2. The summed E-state index contributed by atoms with van der Waals surface area (Å²) in [5.74, 6) is 0. The van der Waals surface area contributed by atoms with Crippen molar-refractivity contribution in [3.8, 4) is 11.1 Å². The first-order chi connectivity index (χ1) is 8.83. The van der Waals surface area contributed by atoms with Crippen molar-refractivity contribution >= 4 is 15.9 Å². The summed E-state index contributed by atoms with van der Waals surface area (Å²) in [4.78, 5) is 0. The molecule has 3 rings (SSSR count). The molecule has 0 aromatic heterocycles. The standard InChI is InChI=1S/C15H13BrO2/c16-14-7-5-12(6-8-14)11-1-3-13(4-2-11)15-17-9-10-18-15/h1-8,15H,9-10H2. The topological polar surface area (TPSA) is 18.5 Å². The summed E-state index contributed by atoms with van der Waals surface area (Å²) in [7, 11) is 0. The molecule has 2 aromatic carbocycles. The number of hydrogen-bond donors (Lipinski definition) is 0. The summed E-state index contributed by atoms with van der Waals surface area (Å²) in [6, 6.07) is 16.6. The zero-order valence-corrected chi connectivity index (χ0v) is 11.4. The molecule has 18 heavy (non-hydrogen) atoms. The lowest BCUT2D eigenvalue weighted by Crippen LogP contribution is -1.97. The molecule has 0 bridgehead atoms. The number of ether oxygens (including phenoxy) is 2. The molecule has 0 spiro atoms. The molecule has 92 valence electrons. The maximum atomic E-state index is 5.47. The summed E-state index contributed by atoms with van der Waals surface area (Å²) in [5, 5.41) is 0. The van der Waals surface area contributed by atoms with Gasteiger partial charge in [0.2, 0.25) is 0 Å². The molecule has 0 aliphatic carbocycles. The van der Waals surface area contributed by atoms with Gasteiger partial charge in [-0.1, -0.05) is 52.3 Å². The minimum Gasteiger partial charge on any atom is -0.346 e. The van der Waals surface area contributed by atoms with E-state index in [9.17, 15) is 0 Å². The van der Waals surface area contributed by atoms with Gasteiger partial charge < -0.3 is 9.47 Å². The molecule has 2 nitrogen and oxygen atoms in total. The van der Waals surface area contributed by atoms with Crippen LogP contribution in [0.25, 0.3) is 11.1 Å². The molecule has 1 saturated heterocycles. The van der Waals surface area contributed by atoms with E-state index < -0.39 is 0 Å². The Morgan fingerprint density at radius 2 is 1.28 bits per heavy atom. The molecule has 0 radical (unpaired) electrons. The minimum absolute atomic E-state index is 0.191. The average molecular weight is 305 g/mol. The number of halogens is 1. The second kappa shape index (κ2) is 5.22. The summed E-state index contributed by atoms with van der Waals surface area (Å²) >= 11 is 3.44. The van der Waals surface area contributed by atoms with E-state index in [0.29, 0.717) is 13.2 Å². The van der Waals surface area contributed by atoms with Gasteiger partial charge >= 0.3 is 0 Å². The van der Waals surface area contributed by atoms with E-state index in [1.165, 1.54) is 11.1 Å². The van der Waals surface area contributed by atoms with E-state index in [4.69, 9.17) is 9.47 Å². The monoisotopic (exact) mass is 304 g/mol. The van der Waals surface area contributed by atoms with Crippen LogP contribution in [0.1, 0.15) is 11.9 Å². The van der Waals surface area contributed by atoms with E-state index in [0.717, 1.165) is 10.0 Å². The third kappa shape index (κ3) is 2.48. The largest absolute Gasteiger partial charge is 0.346 e. The van der Waals surface area contributed by atoms with Gasteiger partial charge in [0.25, 0.3) is 0 Å². The van der Waals surface area contributed by atoms with Crippen LogP contribution < -0.4 is 0 Å². The van der Waals surface area contributed by atoms with Crippen molar-refractivity contribution in [1.29, 1.82) is 0 Å². The van der Waals surface area contributed by atoms with E-state index in [2.05, 4.69) is 52.3 Å². The lowest BCUT2D eigenvalue weighted by atomic mass is 10.0. The molecule has 1 fully saturated rings. The second-order valence-electron chi connectivity index (χ2n) is 4.20. The maximum Gasteiger partial charge on any atom is 0.184 e. The third-order valence-corrected chi connectivity index (χ3v) is 3.51. The van der Waals surface area contributed by atoms with Gasteiger partial charge in [0.15, 0.2) is 6.29 Å². The fourth-order valence-corrected chi connectivity index (χ4v) is 2.29. The highest BCUT2D eigenvalue weighted by Crippen LogP contribution is 2.27. The average Bonchev–Trinajstić information content (AvgIpc) is 2.94. The Labute approximate surface area is 115 Å². The SMILES string of the molecule is Brc1ccc(-c2ccc(C3OCCO3)cc2)cc1. The molecule has 1 heterocycles. The first kappa shape index (κ1) is 11.9. The molecule has 0 unspecified atom stereocenters. The molecule has 0 amide bonds. The molecule has 3 heteroatoms. The highest BCUT2D eigenvalue weighted by Gasteiger charge is 2.17. The van der Waals surface area contributed by atoms with Crippen molar-refractivity contribution in [1.82, 2.24) is 0 Å². The summed E-state index contributed by atoms with van der Waals surface area (Å²) in [6.45, 7) is 1.36. The summed E-state index contributed by atoms with van der Waals surface area (Å²) in [6.07, 6.45) is -0.191. The molecule has 1 aliphatic rings. The highest BCUT2D eigenvalue weighted by molar-refractivity contribution is 9.10. The van der Waals surface area contributed by atoms with Crippen LogP contribution in [0, 0.1) is 0 Å². The van der Waals surface area contributed by atoms with Gasteiger partial charge in [-0.05, 0) is 23.3 Å². The molecular formula is C15H13BrO2. The first-order valence-corrected chi connectivity index (χ1v) is 6.71. The van der Waals surface area contributed by atoms with Crippen LogP contribution in [-0.4, -0.2) is 13.2 Å². The molecule has 0 atom stereocenters. The van der Waals surface area contributed by atoms with Crippen molar-refractivity contribution in [3.63, 3.8) is 0 Å². The van der Waals surface area contributed by atoms with Crippen molar-refractivity contribution in [3.05, 3.63) is 58.6 Å². The van der Waals surface area contributed by atoms with E-state index >= 15 is 0 Å². The molecular weight excluding hydrogens is 292 g/mol. The summed E-state index contributed by atoms with van der Waals surface area (Å²) < 4.78 is 12.0. The van der Waals surface area contributed by atoms with Crippen LogP contribution in [0.2, 0.25) is 0 Å². The molecule has 0 saturated carbocycles. The third-order valence-electron chi connectivity index (χ3n) is 2.98. The second-order valence-corrected chi connectivity index (χ2v) is 5.12. The van der Waals surface area contributed by atoms with Crippen molar-refractivity contribution in [2.75, 3.05) is 13.2 Å². The Hall–Kier alpha value is -1.16. The normalized spacial score (nSPS) is 16.1. The van der Waals surface area contributed by atoms with Gasteiger partial charge in [-0.2, -0.15) is 0 Å². The van der Waals surface area contributed by atoms with E-state index in [1.807, 2.05) is 12.1 Å². The Kier molecular flexibility index (Phi) is 3.46. The van der Waals surface area contributed by atoms with E-state index in [-0.39, 0.29) is 6.29 Å². The quantitative estimate of drug-likeness (QED) is 0.829. The fourth-order valence-electron chi connectivity index (χ4n) is 2.03. The predicted molar refractivity (Wildman–Crippen MR) is 74.2 cm³/mol. The molecule has 0 N–H and O–H groups in total. The zero-order chi connectivity index (χ0) is 12.4. The Bertz CT molecular complexity index is 513. The Morgan fingerprint density at radius 1 is 0.778 bits per heavy atom. The first-order valence-electron chi connectivity index (χ1n) is 5.92. The zero-order valence-electron chi connectivity index (χ0n) is 9.80. The van der Waals surface area contributed by atoms with Gasteiger partial charge in [0.1, 0.15) is 0 Å². The van der Waals surface area contributed by atoms with Crippen LogP contribution in [0.5, 0.6) is 0 Å². The van der Waals surface area contributed by atoms with Gasteiger partial charge in [-0.3, -0.25) is 0 Å². The van der Waals surface area contributed by atoms with Crippen LogP contribution in [0.15, 0.2) is 53.0 Å². The molecule has 2 aromatic rings. The van der Waals surface area contributed by atoms with Crippen LogP contribution in [0.3, 0.4) is 0 Å². The van der Waals surface area contributed by atoms with E-state index in [1.54, 1.807) is 0 Å². The Balaban J connectivity index is 1.84. The lowest BCUT2D eigenvalue weighted by Gasteiger charge is -2.10. The van der Waals surface area contributed by atoms with Gasteiger partial charge in [-0.25, -0.2) is 0 Å². The molecule has 1 aliphatic heterocycles. The van der Waals surface area contributed by atoms with Crippen molar-refractivity contribution in [2.24, 2.45) is 0 Å². The van der Waals surface area contributed by atoms with Crippen LogP contribution >= 0.6 is 15.9 Å².